The number of nitrogens with zero attached hydrogens (tertiary/aromatic N) is 1. The molecule has 23 heavy (non-hydrogen) atoms. The van der Waals surface area contributed by atoms with Crippen molar-refractivity contribution in [2.45, 2.75) is 20.9 Å². The number of methoxy groups -OCH3 is 2. The van der Waals surface area contributed by atoms with Gasteiger partial charge in [0.15, 0.2) is 0 Å². The van der Waals surface area contributed by atoms with E-state index in [1.54, 1.807) is 14.2 Å². The van der Waals surface area contributed by atoms with Crippen LogP contribution in [-0.4, -0.2) is 53.2 Å². The van der Waals surface area contributed by atoms with Gasteiger partial charge in [-0.15, -0.1) is 13.2 Å². The predicted octanol–water partition coefficient (Wildman–Crippen LogP) is 4.95. The molecule has 2 bridgehead atoms. The van der Waals surface area contributed by atoms with Crippen LogP contribution in [0.1, 0.15) is 6.42 Å². The van der Waals surface area contributed by atoms with Crippen LogP contribution in [0.4, 0.5) is 0 Å². The number of rotatable bonds is 8. The molecule has 0 unspecified atom stereocenters. The van der Waals surface area contributed by atoms with Crippen molar-refractivity contribution < 1.29 is 9.47 Å². The number of hydrogen-bond acceptors (Lipinski definition) is 3. The summed E-state index contributed by atoms with van der Waals surface area (Å²) in [5.74, 6) is -0.562. The minimum Gasteiger partial charge on any atom is -0.350 e. The minimum absolute atomic E-state index is 0.275. The van der Waals surface area contributed by atoms with Crippen molar-refractivity contribution in [1.29, 1.82) is 0 Å². The molecule has 0 amide bonds. The number of hydrogen-bond donors (Lipinski definition) is 0. The second-order valence-corrected chi connectivity index (χ2v) is 10.1. The average Bonchev–Trinajstić information content (AvgIpc) is 2.78. The fourth-order valence-corrected chi connectivity index (χ4v) is 8.71. The van der Waals surface area contributed by atoms with Crippen LogP contribution in [-0.2, 0) is 9.47 Å². The zero-order valence-electron chi connectivity index (χ0n) is 13.3. The van der Waals surface area contributed by atoms with Gasteiger partial charge in [-0.1, -0.05) is 75.9 Å². The Morgan fingerprint density at radius 1 is 1.13 bits per heavy atom. The second-order valence-electron chi connectivity index (χ2n) is 5.86. The molecule has 0 saturated heterocycles. The lowest BCUT2D eigenvalue weighted by atomic mass is 9.91. The van der Waals surface area contributed by atoms with Crippen LogP contribution in [0.5, 0.6) is 0 Å². The summed E-state index contributed by atoms with van der Waals surface area (Å²) in [7, 11) is 3.38. The lowest BCUT2D eigenvalue weighted by molar-refractivity contribution is -0.213. The fraction of sp³-hybridized carbons (Fsp3) is 0.625. The van der Waals surface area contributed by atoms with Gasteiger partial charge in [0.1, 0.15) is 8.65 Å². The Balaban J connectivity index is 2.43. The molecule has 130 valence electrons. The quantitative estimate of drug-likeness (QED) is 0.231. The monoisotopic (exact) mass is 575 g/mol. The summed E-state index contributed by atoms with van der Waals surface area (Å²) >= 11 is 15.4. The van der Waals surface area contributed by atoms with Gasteiger partial charge in [-0.25, -0.2) is 0 Å². The topological polar surface area (TPSA) is 21.7 Å². The van der Waals surface area contributed by atoms with E-state index in [0.29, 0.717) is 0 Å². The van der Waals surface area contributed by atoms with E-state index < -0.39 is 14.4 Å². The Bertz CT molecular complexity index is 524. The molecule has 0 heterocycles. The maximum absolute atomic E-state index is 5.94. The van der Waals surface area contributed by atoms with Gasteiger partial charge in [0.25, 0.3) is 0 Å². The predicted molar refractivity (Wildman–Crippen MR) is 110 cm³/mol. The lowest BCUT2D eigenvalue weighted by Gasteiger charge is -2.42. The molecular weight excluding hydrogens is 558 g/mol. The molecule has 3 atom stereocenters. The molecule has 3 nitrogen and oxygen atoms in total. The molecule has 1 saturated carbocycles. The Labute approximate surface area is 172 Å². The third kappa shape index (κ3) is 2.64. The minimum atomic E-state index is -0.837. The normalized spacial score (nSPS) is 35.2. The highest BCUT2D eigenvalue weighted by molar-refractivity contribution is 9.16. The Morgan fingerprint density at radius 3 is 2.04 bits per heavy atom. The zero-order chi connectivity index (χ0) is 17.5. The summed E-state index contributed by atoms with van der Waals surface area (Å²) in [6.45, 7) is 10.2. The molecule has 0 aromatic heterocycles. The van der Waals surface area contributed by atoms with Crippen molar-refractivity contribution >= 4 is 63.7 Å². The zero-order valence-corrected chi connectivity index (χ0v) is 19.6. The Morgan fingerprint density at radius 2 is 1.65 bits per heavy atom. The summed E-state index contributed by atoms with van der Waals surface area (Å²) < 4.78 is 13.0. The summed E-state index contributed by atoms with van der Waals surface area (Å²) in [4.78, 5) is 2.31. The SMILES string of the molecule is C=CCN(CC=C)C[C@H]1C[C@@]2(Br)C(Br)=C(Br)[C@]1(Br)C2(OC)OC. The summed E-state index contributed by atoms with van der Waals surface area (Å²) in [5.41, 5.74) is 0. The number of halogens is 4. The van der Waals surface area contributed by atoms with Crippen molar-refractivity contribution in [1.82, 2.24) is 4.90 Å². The molecule has 2 aliphatic rings. The highest BCUT2D eigenvalue weighted by Gasteiger charge is 2.79. The average molecular weight is 579 g/mol. The molecule has 0 radical (unpaired) electrons. The van der Waals surface area contributed by atoms with Gasteiger partial charge in [-0.2, -0.15) is 0 Å². The van der Waals surface area contributed by atoms with E-state index in [2.05, 4.69) is 81.8 Å². The van der Waals surface area contributed by atoms with Crippen molar-refractivity contribution in [2.75, 3.05) is 33.9 Å². The summed E-state index contributed by atoms with van der Waals surface area (Å²) in [6.07, 6.45) is 4.71. The van der Waals surface area contributed by atoms with Gasteiger partial charge in [0.05, 0.1) is 0 Å². The van der Waals surface area contributed by atoms with Crippen LogP contribution in [0.15, 0.2) is 34.3 Å². The molecule has 0 N–H and O–H groups in total. The van der Waals surface area contributed by atoms with E-state index in [9.17, 15) is 0 Å². The second kappa shape index (κ2) is 7.33. The molecule has 7 heteroatoms. The molecule has 0 aromatic carbocycles. The highest BCUT2D eigenvalue weighted by atomic mass is 79.9. The van der Waals surface area contributed by atoms with E-state index in [1.807, 2.05) is 12.2 Å². The first-order chi connectivity index (χ1) is 10.8. The Kier molecular flexibility index (Phi) is 6.48. The van der Waals surface area contributed by atoms with Crippen molar-refractivity contribution in [3.63, 3.8) is 0 Å². The van der Waals surface area contributed by atoms with Crippen LogP contribution in [0, 0.1) is 5.92 Å². The van der Waals surface area contributed by atoms with E-state index in [4.69, 9.17) is 9.47 Å². The van der Waals surface area contributed by atoms with Gasteiger partial charge < -0.3 is 9.47 Å². The third-order valence-electron chi connectivity index (χ3n) is 4.78. The molecule has 0 aromatic rings. The Hall–Kier alpha value is 1.02. The highest BCUT2D eigenvalue weighted by Crippen LogP contribution is 2.73. The summed E-state index contributed by atoms with van der Waals surface area (Å²) in [6, 6.07) is 0. The van der Waals surface area contributed by atoms with Crippen LogP contribution in [0.2, 0.25) is 0 Å². The van der Waals surface area contributed by atoms with Gasteiger partial charge in [0, 0.05) is 42.8 Å². The lowest BCUT2D eigenvalue weighted by Crippen LogP contribution is -2.57. The molecular formula is C16H21Br4NO2. The number of fused-ring (bicyclic) bond motifs is 2. The van der Waals surface area contributed by atoms with Crippen molar-refractivity contribution in [2.24, 2.45) is 5.92 Å². The molecule has 2 aliphatic carbocycles. The largest absolute Gasteiger partial charge is 0.350 e. The van der Waals surface area contributed by atoms with E-state index in [-0.39, 0.29) is 5.92 Å². The van der Waals surface area contributed by atoms with E-state index >= 15 is 0 Å². The molecule has 0 aliphatic heterocycles. The first kappa shape index (κ1) is 20.3. The first-order valence-electron chi connectivity index (χ1n) is 7.27. The molecule has 1 fully saturated rings. The maximum Gasteiger partial charge on any atom is 0.208 e. The standard InChI is InChI=1S/C16H21Br4NO2/c1-5-7-21(8-6-2)10-11-9-14(19)12(17)13(18)15(11,20)16(14,22-3)23-4/h5-6,11H,1-2,7-10H2,3-4H3/t11-,14-,15+/m1/s1. The van der Waals surface area contributed by atoms with Gasteiger partial charge in [-0.05, 0) is 12.3 Å². The van der Waals surface area contributed by atoms with Crippen molar-refractivity contribution in [3.8, 4) is 0 Å². The smallest absolute Gasteiger partial charge is 0.208 e. The number of alkyl halides is 2. The maximum atomic E-state index is 5.94. The molecule has 0 spiro atoms. The van der Waals surface area contributed by atoms with Crippen molar-refractivity contribution in [3.05, 3.63) is 34.3 Å². The third-order valence-corrected chi connectivity index (χ3v) is 11.3. The van der Waals surface area contributed by atoms with E-state index in [1.165, 1.54) is 0 Å². The van der Waals surface area contributed by atoms with Crippen LogP contribution < -0.4 is 0 Å². The van der Waals surface area contributed by atoms with Gasteiger partial charge in [-0.3, -0.25) is 4.90 Å². The summed E-state index contributed by atoms with van der Waals surface area (Å²) in [5, 5.41) is 0. The van der Waals surface area contributed by atoms with Crippen LogP contribution >= 0.6 is 63.7 Å². The van der Waals surface area contributed by atoms with Gasteiger partial charge in [0.2, 0.25) is 5.79 Å². The number of ether oxygens (including phenoxy) is 2. The van der Waals surface area contributed by atoms with E-state index in [0.717, 1.165) is 35.0 Å². The van der Waals surface area contributed by atoms with Crippen LogP contribution in [0.3, 0.4) is 0 Å². The molecule has 2 rings (SSSR count). The first-order valence-corrected chi connectivity index (χ1v) is 10.4. The van der Waals surface area contributed by atoms with Gasteiger partial charge >= 0.3 is 0 Å². The van der Waals surface area contributed by atoms with Crippen LogP contribution in [0.25, 0.3) is 0 Å². The fourth-order valence-electron chi connectivity index (χ4n) is 3.86.